The third-order valence-electron chi connectivity index (χ3n) is 6.66. The molecule has 2 saturated heterocycles. The van der Waals surface area contributed by atoms with Gasteiger partial charge in [-0.15, -0.1) is 24.0 Å². The van der Waals surface area contributed by atoms with Crippen LogP contribution in [-0.2, 0) is 4.74 Å². The molecule has 7 heteroatoms. The number of hydrogen-bond acceptors (Lipinski definition) is 4. The van der Waals surface area contributed by atoms with Crippen LogP contribution in [0.1, 0.15) is 39.5 Å². The molecule has 0 radical (unpaired) electrons. The highest BCUT2D eigenvalue weighted by Gasteiger charge is 2.58. The van der Waals surface area contributed by atoms with Gasteiger partial charge in [-0.05, 0) is 37.8 Å². The highest BCUT2D eigenvalue weighted by atomic mass is 127. The molecule has 3 atom stereocenters. The lowest BCUT2D eigenvalue weighted by molar-refractivity contribution is -0.188. The number of hydrogen-bond donors (Lipinski definition) is 2. The van der Waals surface area contributed by atoms with Crippen LogP contribution in [0.3, 0.4) is 0 Å². The van der Waals surface area contributed by atoms with E-state index in [1.807, 2.05) is 19.3 Å². The molecule has 0 bridgehead atoms. The molecule has 28 heavy (non-hydrogen) atoms. The number of aliphatic imine (C=N–C) groups is 1. The van der Waals surface area contributed by atoms with Gasteiger partial charge in [-0.2, -0.15) is 0 Å². The fourth-order valence-electron chi connectivity index (χ4n) is 5.12. The topological polar surface area (TPSA) is 61.8 Å². The number of rotatable bonds is 3. The minimum atomic E-state index is 0. The molecule has 4 rings (SSSR count). The van der Waals surface area contributed by atoms with Crippen molar-refractivity contribution >= 4 is 35.8 Å². The van der Waals surface area contributed by atoms with Gasteiger partial charge in [0.05, 0.1) is 6.10 Å². The first kappa shape index (κ1) is 21.6. The van der Waals surface area contributed by atoms with Crippen LogP contribution in [0, 0.1) is 11.3 Å². The molecular weight excluding hydrogens is 465 g/mol. The van der Waals surface area contributed by atoms with E-state index in [2.05, 4.69) is 51.5 Å². The molecule has 3 fully saturated rings. The highest BCUT2D eigenvalue weighted by molar-refractivity contribution is 14.0. The number of fused-ring (bicyclic) bond motifs is 1. The summed E-state index contributed by atoms with van der Waals surface area (Å²) in [4.78, 5) is 11.4. The quantitative estimate of drug-likeness (QED) is 0.381. The van der Waals surface area contributed by atoms with Gasteiger partial charge in [0.15, 0.2) is 5.96 Å². The molecule has 3 heterocycles. The van der Waals surface area contributed by atoms with Crippen molar-refractivity contribution in [1.29, 1.82) is 0 Å². The summed E-state index contributed by atoms with van der Waals surface area (Å²) < 4.78 is 6.03. The SMILES string of the molecule is CN=C(NC1CCN(c2ccccn2)CC1)NC1C2CCCOC2C1(C)C.I. The summed E-state index contributed by atoms with van der Waals surface area (Å²) in [6.45, 7) is 7.60. The number of halogens is 1. The van der Waals surface area contributed by atoms with E-state index < -0.39 is 0 Å². The van der Waals surface area contributed by atoms with E-state index >= 15 is 0 Å². The van der Waals surface area contributed by atoms with Crippen LogP contribution < -0.4 is 15.5 Å². The lowest BCUT2D eigenvalue weighted by Crippen LogP contribution is -2.71. The zero-order chi connectivity index (χ0) is 18.9. The third-order valence-corrected chi connectivity index (χ3v) is 6.66. The number of guanidine groups is 1. The standard InChI is InChI=1S/C21H33N5O.HI/c1-21(2)18(16-7-6-14-27-19(16)21)25-20(22-3)24-15-9-12-26(13-10-15)17-8-4-5-11-23-17;/h4-5,8,11,15-16,18-19H,6-7,9-10,12-14H2,1-3H3,(H2,22,24,25);1H. The molecule has 2 aliphatic heterocycles. The predicted octanol–water partition coefficient (Wildman–Crippen LogP) is 3.04. The van der Waals surface area contributed by atoms with E-state index in [4.69, 9.17) is 4.74 Å². The van der Waals surface area contributed by atoms with Crippen molar-refractivity contribution in [3.05, 3.63) is 24.4 Å². The van der Waals surface area contributed by atoms with Crippen LogP contribution in [0.25, 0.3) is 0 Å². The number of ether oxygens (including phenoxy) is 1. The monoisotopic (exact) mass is 499 g/mol. The van der Waals surface area contributed by atoms with E-state index in [1.165, 1.54) is 12.8 Å². The minimum Gasteiger partial charge on any atom is -0.377 e. The molecule has 156 valence electrons. The smallest absolute Gasteiger partial charge is 0.191 e. The van der Waals surface area contributed by atoms with E-state index in [0.29, 0.717) is 24.1 Å². The Labute approximate surface area is 185 Å². The van der Waals surface area contributed by atoms with Crippen LogP contribution in [0.2, 0.25) is 0 Å². The van der Waals surface area contributed by atoms with Crippen LogP contribution in [-0.4, -0.2) is 55.9 Å². The van der Waals surface area contributed by atoms with Crippen LogP contribution in [0.15, 0.2) is 29.4 Å². The number of piperidine rings is 1. The van der Waals surface area contributed by atoms with Gasteiger partial charge >= 0.3 is 0 Å². The molecule has 3 unspecified atom stereocenters. The van der Waals surface area contributed by atoms with Crippen LogP contribution >= 0.6 is 24.0 Å². The number of aromatic nitrogens is 1. The summed E-state index contributed by atoms with van der Waals surface area (Å²) in [6.07, 6.45) is 6.89. The molecule has 2 N–H and O–H groups in total. The summed E-state index contributed by atoms with van der Waals surface area (Å²) in [7, 11) is 1.87. The van der Waals surface area contributed by atoms with Crippen molar-refractivity contribution in [3.63, 3.8) is 0 Å². The second-order valence-electron chi connectivity index (χ2n) is 8.71. The Balaban J connectivity index is 0.00000225. The Hall–Kier alpha value is -1.09. The summed E-state index contributed by atoms with van der Waals surface area (Å²) in [6, 6.07) is 7.01. The summed E-state index contributed by atoms with van der Waals surface area (Å²) in [5.74, 6) is 2.63. The molecule has 1 saturated carbocycles. The van der Waals surface area contributed by atoms with Gasteiger partial charge in [-0.1, -0.05) is 19.9 Å². The van der Waals surface area contributed by atoms with Gasteiger partial charge in [0.2, 0.25) is 0 Å². The first-order valence-corrected chi connectivity index (χ1v) is 10.4. The fourth-order valence-corrected chi connectivity index (χ4v) is 5.12. The first-order chi connectivity index (χ1) is 13.1. The zero-order valence-corrected chi connectivity index (χ0v) is 19.6. The molecule has 1 aromatic heterocycles. The average Bonchev–Trinajstić information content (AvgIpc) is 2.72. The largest absolute Gasteiger partial charge is 0.377 e. The molecule has 1 aromatic rings. The Morgan fingerprint density at radius 2 is 2.00 bits per heavy atom. The summed E-state index contributed by atoms with van der Waals surface area (Å²) >= 11 is 0. The highest BCUT2D eigenvalue weighted by Crippen LogP contribution is 2.51. The maximum atomic E-state index is 6.03. The Morgan fingerprint density at radius 1 is 1.21 bits per heavy atom. The van der Waals surface area contributed by atoms with Gasteiger partial charge < -0.3 is 20.3 Å². The van der Waals surface area contributed by atoms with Crippen LogP contribution in [0.4, 0.5) is 5.82 Å². The zero-order valence-electron chi connectivity index (χ0n) is 17.2. The number of nitrogens with zero attached hydrogens (tertiary/aromatic N) is 3. The minimum absolute atomic E-state index is 0. The van der Waals surface area contributed by atoms with Crippen molar-refractivity contribution < 1.29 is 4.74 Å². The van der Waals surface area contributed by atoms with Gasteiger partial charge in [-0.3, -0.25) is 4.99 Å². The lowest BCUT2D eigenvalue weighted by Gasteiger charge is -2.60. The number of nitrogens with one attached hydrogen (secondary N) is 2. The Morgan fingerprint density at radius 3 is 2.68 bits per heavy atom. The molecule has 1 aliphatic carbocycles. The molecule has 6 nitrogen and oxygen atoms in total. The second-order valence-corrected chi connectivity index (χ2v) is 8.71. The maximum Gasteiger partial charge on any atom is 0.191 e. The van der Waals surface area contributed by atoms with E-state index in [9.17, 15) is 0 Å². The van der Waals surface area contributed by atoms with Gasteiger partial charge in [-0.25, -0.2) is 4.98 Å². The molecule has 0 spiro atoms. The van der Waals surface area contributed by atoms with Crippen molar-refractivity contribution in [3.8, 4) is 0 Å². The average molecular weight is 499 g/mol. The first-order valence-electron chi connectivity index (χ1n) is 10.4. The van der Waals surface area contributed by atoms with Gasteiger partial charge in [0, 0.05) is 56.4 Å². The summed E-state index contributed by atoms with van der Waals surface area (Å²) in [5.41, 5.74) is 0.158. The van der Waals surface area contributed by atoms with Crippen molar-refractivity contribution in [2.75, 3.05) is 31.6 Å². The predicted molar refractivity (Wildman–Crippen MR) is 125 cm³/mol. The fraction of sp³-hybridized carbons (Fsp3) is 0.714. The lowest BCUT2D eigenvalue weighted by atomic mass is 9.55. The summed E-state index contributed by atoms with van der Waals surface area (Å²) in [5, 5.41) is 7.38. The van der Waals surface area contributed by atoms with E-state index in [0.717, 1.165) is 44.3 Å². The number of anilines is 1. The molecule has 3 aliphatic rings. The number of pyridine rings is 1. The van der Waals surface area contributed by atoms with E-state index in [-0.39, 0.29) is 29.4 Å². The third kappa shape index (κ3) is 4.25. The molecule has 0 aromatic carbocycles. The Kier molecular flexibility index (Phi) is 7.07. The van der Waals surface area contributed by atoms with Gasteiger partial charge in [0.1, 0.15) is 5.82 Å². The normalized spacial score (nSPS) is 29.9. The molecule has 0 amide bonds. The Bertz CT molecular complexity index is 660. The van der Waals surface area contributed by atoms with E-state index in [1.54, 1.807) is 0 Å². The van der Waals surface area contributed by atoms with Crippen LogP contribution in [0.5, 0.6) is 0 Å². The van der Waals surface area contributed by atoms with Crippen molar-refractivity contribution in [2.24, 2.45) is 16.3 Å². The van der Waals surface area contributed by atoms with Crippen molar-refractivity contribution in [2.45, 2.75) is 57.7 Å². The van der Waals surface area contributed by atoms with Gasteiger partial charge in [0.25, 0.3) is 0 Å². The maximum absolute atomic E-state index is 6.03. The second kappa shape index (κ2) is 9.15. The molecular formula is C21H34IN5O. The van der Waals surface area contributed by atoms with Crippen molar-refractivity contribution in [1.82, 2.24) is 15.6 Å².